The molecule has 0 bridgehead atoms. The minimum Gasteiger partial charge on any atom is -0.379 e. The van der Waals surface area contributed by atoms with Gasteiger partial charge >= 0.3 is 0 Å². The van der Waals surface area contributed by atoms with Crippen molar-refractivity contribution in [3.05, 3.63) is 82.9 Å². The van der Waals surface area contributed by atoms with Crippen molar-refractivity contribution in [1.82, 2.24) is 4.90 Å². The SMILES string of the molecule is CC(O)N(CP1(=O)C(c2ccccc2)C=CC1c1ccccc1Cl)C(C)O. The topological polar surface area (TPSA) is 60.8 Å². The average molecular weight is 406 g/mol. The molecule has 0 aromatic heterocycles. The molecule has 0 saturated heterocycles. The van der Waals surface area contributed by atoms with E-state index in [1.54, 1.807) is 19.9 Å². The molecule has 0 amide bonds. The molecule has 1 heterocycles. The molecule has 144 valence electrons. The van der Waals surface area contributed by atoms with E-state index in [4.69, 9.17) is 11.6 Å². The first kappa shape index (κ1) is 20.3. The predicted octanol–water partition coefficient (Wildman–Crippen LogP) is 4.99. The molecular weight excluding hydrogens is 381 g/mol. The summed E-state index contributed by atoms with van der Waals surface area (Å²) in [5.41, 5.74) is 1.12. The lowest BCUT2D eigenvalue weighted by Crippen LogP contribution is -2.41. The number of aliphatic hydroxyl groups excluding tert-OH is 2. The van der Waals surface area contributed by atoms with Crippen LogP contribution in [0.5, 0.6) is 0 Å². The summed E-state index contributed by atoms with van der Waals surface area (Å²) in [5, 5.41) is 20.8. The molecule has 5 atom stereocenters. The summed E-state index contributed by atoms with van der Waals surface area (Å²) < 4.78 is 14.5. The number of hydrogen-bond acceptors (Lipinski definition) is 4. The minimum absolute atomic E-state index is 0.0881. The molecule has 0 spiro atoms. The van der Waals surface area contributed by atoms with E-state index in [0.29, 0.717) is 5.02 Å². The molecule has 1 aliphatic heterocycles. The van der Waals surface area contributed by atoms with E-state index in [1.165, 1.54) is 4.90 Å². The zero-order valence-electron chi connectivity index (χ0n) is 15.4. The van der Waals surface area contributed by atoms with E-state index in [0.717, 1.165) is 11.1 Å². The zero-order chi connectivity index (χ0) is 19.6. The van der Waals surface area contributed by atoms with Crippen LogP contribution in [-0.4, -0.2) is 33.9 Å². The van der Waals surface area contributed by atoms with Gasteiger partial charge in [-0.25, -0.2) is 4.90 Å². The van der Waals surface area contributed by atoms with Gasteiger partial charge in [0.2, 0.25) is 0 Å². The second kappa shape index (κ2) is 8.30. The summed E-state index contributed by atoms with van der Waals surface area (Å²) in [6.45, 7) is 3.15. The van der Waals surface area contributed by atoms with Crippen LogP contribution in [0.3, 0.4) is 0 Å². The van der Waals surface area contributed by atoms with Gasteiger partial charge in [0.15, 0.2) is 0 Å². The van der Waals surface area contributed by atoms with Gasteiger partial charge in [-0.1, -0.05) is 72.3 Å². The third kappa shape index (κ3) is 4.06. The van der Waals surface area contributed by atoms with Gasteiger partial charge in [0, 0.05) is 5.02 Å². The fourth-order valence-electron chi connectivity index (χ4n) is 3.72. The summed E-state index contributed by atoms with van der Waals surface area (Å²) in [6.07, 6.45) is 2.19. The van der Waals surface area contributed by atoms with Crippen molar-refractivity contribution < 1.29 is 14.8 Å². The van der Waals surface area contributed by atoms with Crippen molar-refractivity contribution in [2.75, 3.05) is 6.29 Å². The maximum atomic E-state index is 14.5. The van der Waals surface area contributed by atoms with Crippen LogP contribution in [0.1, 0.15) is 36.3 Å². The largest absolute Gasteiger partial charge is 0.379 e. The molecule has 0 radical (unpaired) electrons. The standard InChI is InChI=1S/C21H25ClNO3P/c1-15(24)23(16(2)25)14-27(26)20(17-8-4-3-5-9-17)12-13-21(27)18-10-6-7-11-19(18)22/h3-13,15-16,20-21,24-25H,14H2,1-2H3. The Labute approximate surface area is 165 Å². The Balaban J connectivity index is 2.08. The lowest BCUT2D eigenvalue weighted by Gasteiger charge is -2.35. The average Bonchev–Trinajstić information content (AvgIpc) is 2.97. The molecule has 6 heteroatoms. The molecule has 5 unspecified atom stereocenters. The Kier molecular flexibility index (Phi) is 6.25. The molecule has 0 aliphatic carbocycles. The van der Waals surface area contributed by atoms with Crippen molar-refractivity contribution in [2.24, 2.45) is 0 Å². The third-order valence-electron chi connectivity index (χ3n) is 5.13. The number of rotatable bonds is 6. The van der Waals surface area contributed by atoms with Crippen LogP contribution >= 0.6 is 18.7 Å². The normalized spacial score (nSPS) is 27.0. The van der Waals surface area contributed by atoms with Gasteiger partial charge < -0.3 is 14.8 Å². The highest BCUT2D eigenvalue weighted by atomic mass is 35.5. The molecule has 27 heavy (non-hydrogen) atoms. The summed E-state index contributed by atoms with van der Waals surface area (Å²) in [6, 6.07) is 17.1. The Hall–Kier alpha value is -1.42. The van der Waals surface area contributed by atoms with E-state index >= 15 is 0 Å². The minimum atomic E-state index is -3.01. The predicted molar refractivity (Wildman–Crippen MR) is 110 cm³/mol. The van der Waals surface area contributed by atoms with Gasteiger partial charge in [0.05, 0.1) is 17.6 Å². The number of hydrogen-bond donors (Lipinski definition) is 2. The second-order valence-electron chi connectivity index (χ2n) is 6.98. The second-order valence-corrected chi connectivity index (χ2v) is 10.5. The summed E-state index contributed by atoms with van der Waals surface area (Å²) in [4.78, 5) is 1.47. The molecule has 2 N–H and O–H groups in total. The summed E-state index contributed by atoms with van der Waals surface area (Å²) >= 11 is 6.42. The van der Waals surface area contributed by atoms with Gasteiger partial charge in [-0.3, -0.25) is 0 Å². The Bertz CT molecular complexity index is 846. The molecule has 0 fully saturated rings. The van der Waals surface area contributed by atoms with Crippen molar-refractivity contribution in [1.29, 1.82) is 0 Å². The number of allylic oxidation sites excluding steroid dienone is 2. The number of benzene rings is 2. The first-order valence-corrected chi connectivity index (χ1v) is 11.4. The molecule has 3 rings (SSSR count). The smallest absolute Gasteiger partial charge is 0.123 e. The lowest BCUT2D eigenvalue weighted by atomic mass is 10.1. The van der Waals surface area contributed by atoms with Gasteiger partial charge in [-0.15, -0.1) is 0 Å². The Morgan fingerprint density at radius 2 is 1.52 bits per heavy atom. The van der Waals surface area contributed by atoms with E-state index in [9.17, 15) is 14.8 Å². The third-order valence-corrected chi connectivity index (χ3v) is 9.04. The van der Waals surface area contributed by atoms with Crippen molar-refractivity contribution in [2.45, 2.75) is 37.6 Å². The Morgan fingerprint density at radius 1 is 0.963 bits per heavy atom. The monoisotopic (exact) mass is 405 g/mol. The first-order chi connectivity index (χ1) is 12.8. The van der Waals surface area contributed by atoms with Crippen LogP contribution in [0.25, 0.3) is 0 Å². The highest BCUT2D eigenvalue weighted by molar-refractivity contribution is 7.65. The van der Waals surface area contributed by atoms with Crippen LogP contribution in [0.2, 0.25) is 5.02 Å². The van der Waals surface area contributed by atoms with Crippen LogP contribution < -0.4 is 0 Å². The first-order valence-electron chi connectivity index (χ1n) is 9.02. The van der Waals surface area contributed by atoms with Gasteiger partial charge in [-0.2, -0.15) is 0 Å². The maximum absolute atomic E-state index is 14.5. The van der Waals surface area contributed by atoms with Crippen LogP contribution in [-0.2, 0) is 4.57 Å². The molecule has 1 aliphatic rings. The molecule has 2 aromatic rings. The highest BCUT2D eigenvalue weighted by Gasteiger charge is 2.46. The highest BCUT2D eigenvalue weighted by Crippen LogP contribution is 2.74. The van der Waals surface area contributed by atoms with Gasteiger partial charge in [0.1, 0.15) is 19.6 Å². The van der Waals surface area contributed by atoms with Gasteiger partial charge in [0.25, 0.3) is 0 Å². The molecule has 4 nitrogen and oxygen atoms in total. The van der Waals surface area contributed by atoms with Crippen molar-refractivity contribution in [3.63, 3.8) is 0 Å². The fraction of sp³-hybridized carbons (Fsp3) is 0.333. The fourth-order valence-corrected chi connectivity index (χ4v) is 7.89. The zero-order valence-corrected chi connectivity index (χ0v) is 17.1. The molecule has 0 saturated carbocycles. The van der Waals surface area contributed by atoms with E-state index in [-0.39, 0.29) is 17.6 Å². The van der Waals surface area contributed by atoms with E-state index in [2.05, 4.69) is 0 Å². The van der Waals surface area contributed by atoms with E-state index < -0.39 is 19.6 Å². The van der Waals surface area contributed by atoms with E-state index in [1.807, 2.05) is 60.7 Å². The maximum Gasteiger partial charge on any atom is 0.123 e. The van der Waals surface area contributed by atoms with Crippen LogP contribution in [0.15, 0.2) is 66.7 Å². The lowest BCUT2D eigenvalue weighted by molar-refractivity contribution is -0.0728. The molecular formula is C21H25ClNO3P. The molecule has 2 aromatic carbocycles. The quantitative estimate of drug-likeness (QED) is 0.403. The number of nitrogens with zero attached hydrogens (tertiary/aromatic N) is 1. The van der Waals surface area contributed by atoms with Crippen LogP contribution in [0.4, 0.5) is 0 Å². The number of halogens is 1. The van der Waals surface area contributed by atoms with Crippen molar-refractivity contribution in [3.8, 4) is 0 Å². The van der Waals surface area contributed by atoms with Gasteiger partial charge in [-0.05, 0) is 31.0 Å². The van der Waals surface area contributed by atoms with Crippen molar-refractivity contribution >= 4 is 18.7 Å². The number of aliphatic hydroxyl groups is 2. The Morgan fingerprint density at radius 3 is 2.11 bits per heavy atom. The summed E-state index contributed by atoms with van der Waals surface area (Å²) in [5.74, 6) is 0. The summed E-state index contributed by atoms with van der Waals surface area (Å²) in [7, 11) is -3.01. The van der Waals surface area contributed by atoms with Crippen LogP contribution in [0, 0.1) is 0 Å².